The standard InChI is InChI=1S/C17H25N3O8/c1-3-10-8-20(16(23)19-14(10)18)15-13(22)12(21)11(28-15)9-27-17(24)26-7-5-6-25-4-2/h3,8,11-13,15,21-22H,1,4-7,9H2,2H3,(H2,18,19,23)/t11-,12-,13-,15-/m1/s1. The van der Waals surface area contributed by atoms with Gasteiger partial charge in [-0.2, -0.15) is 4.98 Å². The molecule has 0 unspecified atom stereocenters. The number of aliphatic hydroxyl groups excluding tert-OH is 2. The average Bonchev–Trinajstić information content (AvgIpc) is 2.95. The second-order valence-electron chi connectivity index (χ2n) is 5.98. The Bertz CT molecular complexity index is 738. The van der Waals surface area contributed by atoms with Gasteiger partial charge in [0, 0.05) is 31.4 Å². The van der Waals surface area contributed by atoms with E-state index in [0.29, 0.717) is 25.2 Å². The summed E-state index contributed by atoms with van der Waals surface area (Å²) >= 11 is 0. The predicted molar refractivity (Wildman–Crippen MR) is 97.3 cm³/mol. The average molecular weight is 399 g/mol. The number of nitrogen functional groups attached to an aromatic ring is 1. The minimum absolute atomic E-state index is 0.0174. The number of anilines is 1. The van der Waals surface area contributed by atoms with E-state index < -0.39 is 36.4 Å². The lowest BCUT2D eigenvalue weighted by Gasteiger charge is -2.18. The minimum Gasteiger partial charge on any atom is -0.434 e. The molecule has 4 N–H and O–H groups in total. The van der Waals surface area contributed by atoms with Gasteiger partial charge in [-0.05, 0) is 6.92 Å². The Labute approximate surface area is 161 Å². The molecule has 0 aliphatic carbocycles. The van der Waals surface area contributed by atoms with Crippen LogP contribution in [0.2, 0.25) is 0 Å². The number of carbonyl (C=O) groups excluding carboxylic acids is 1. The van der Waals surface area contributed by atoms with Crippen LogP contribution in [0.15, 0.2) is 17.6 Å². The van der Waals surface area contributed by atoms with E-state index in [2.05, 4.69) is 11.6 Å². The zero-order valence-corrected chi connectivity index (χ0v) is 15.5. The summed E-state index contributed by atoms with van der Waals surface area (Å²) in [5.74, 6) is -0.0174. The van der Waals surface area contributed by atoms with Crippen molar-refractivity contribution in [2.45, 2.75) is 37.9 Å². The van der Waals surface area contributed by atoms with E-state index in [4.69, 9.17) is 24.7 Å². The van der Waals surface area contributed by atoms with E-state index in [0.717, 1.165) is 4.57 Å². The maximum atomic E-state index is 12.1. The smallest absolute Gasteiger partial charge is 0.434 e. The van der Waals surface area contributed by atoms with Gasteiger partial charge in [-0.1, -0.05) is 12.7 Å². The maximum absolute atomic E-state index is 12.1. The lowest BCUT2D eigenvalue weighted by Crippen LogP contribution is -2.36. The molecule has 4 atom stereocenters. The molecule has 0 amide bonds. The second kappa shape index (κ2) is 10.2. The molecule has 28 heavy (non-hydrogen) atoms. The molecule has 2 rings (SSSR count). The van der Waals surface area contributed by atoms with Gasteiger partial charge in [-0.25, -0.2) is 9.59 Å². The summed E-state index contributed by atoms with van der Waals surface area (Å²) in [6.07, 6.45) is -2.86. The molecule has 2 heterocycles. The summed E-state index contributed by atoms with van der Waals surface area (Å²) in [4.78, 5) is 27.3. The van der Waals surface area contributed by atoms with Gasteiger partial charge in [-0.3, -0.25) is 4.57 Å². The zero-order valence-electron chi connectivity index (χ0n) is 15.5. The summed E-state index contributed by atoms with van der Waals surface area (Å²) in [6.45, 7) is 6.20. The Kier molecular flexibility index (Phi) is 7.93. The summed E-state index contributed by atoms with van der Waals surface area (Å²) in [6, 6.07) is 0. The molecule has 0 bridgehead atoms. The molecule has 1 saturated heterocycles. The third-order valence-electron chi connectivity index (χ3n) is 4.06. The van der Waals surface area contributed by atoms with Gasteiger partial charge in [0.25, 0.3) is 0 Å². The Morgan fingerprint density at radius 1 is 1.39 bits per heavy atom. The quantitative estimate of drug-likeness (QED) is 0.371. The zero-order chi connectivity index (χ0) is 20.7. The van der Waals surface area contributed by atoms with Crippen molar-refractivity contribution in [2.24, 2.45) is 0 Å². The normalized spacial score (nSPS) is 24.1. The number of rotatable bonds is 9. The topological polar surface area (TPSA) is 155 Å². The highest BCUT2D eigenvalue weighted by atomic mass is 16.7. The van der Waals surface area contributed by atoms with Gasteiger partial charge in [-0.15, -0.1) is 0 Å². The van der Waals surface area contributed by atoms with Crippen LogP contribution in [0.25, 0.3) is 6.08 Å². The fraction of sp³-hybridized carbons (Fsp3) is 0.588. The van der Waals surface area contributed by atoms with Crippen molar-refractivity contribution in [1.29, 1.82) is 0 Å². The molecule has 0 aromatic carbocycles. The van der Waals surface area contributed by atoms with Crippen LogP contribution < -0.4 is 11.4 Å². The molecule has 156 valence electrons. The number of hydrogen-bond acceptors (Lipinski definition) is 10. The van der Waals surface area contributed by atoms with E-state index in [1.165, 1.54) is 12.3 Å². The first-order valence-corrected chi connectivity index (χ1v) is 8.79. The second-order valence-corrected chi connectivity index (χ2v) is 5.98. The Morgan fingerprint density at radius 2 is 2.14 bits per heavy atom. The summed E-state index contributed by atoms with van der Waals surface area (Å²) in [5.41, 5.74) is 5.20. The van der Waals surface area contributed by atoms with E-state index in [9.17, 15) is 19.8 Å². The highest BCUT2D eigenvalue weighted by Gasteiger charge is 2.45. The summed E-state index contributed by atoms with van der Waals surface area (Å²) in [5, 5.41) is 20.4. The highest BCUT2D eigenvalue weighted by Crippen LogP contribution is 2.29. The molecular weight excluding hydrogens is 374 g/mol. The monoisotopic (exact) mass is 399 g/mol. The third-order valence-corrected chi connectivity index (χ3v) is 4.06. The lowest BCUT2D eigenvalue weighted by molar-refractivity contribution is -0.0644. The van der Waals surface area contributed by atoms with Crippen molar-refractivity contribution < 1.29 is 34.0 Å². The van der Waals surface area contributed by atoms with Crippen LogP contribution in [0.4, 0.5) is 10.6 Å². The van der Waals surface area contributed by atoms with Crippen LogP contribution in [0, 0.1) is 0 Å². The largest absolute Gasteiger partial charge is 0.508 e. The molecule has 1 aliphatic heterocycles. The number of hydrogen-bond donors (Lipinski definition) is 3. The van der Waals surface area contributed by atoms with Crippen LogP contribution in [-0.4, -0.2) is 70.7 Å². The van der Waals surface area contributed by atoms with Gasteiger partial charge in [0.1, 0.15) is 30.7 Å². The molecule has 1 aromatic rings. The number of aliphatic hydroxyl groups is 2. The van der Waals surface area contributed by atoms with Crippen LogP contribution >= 0.6 is 0 Å². The molecule has 11 nitrogen and oxygen atoms in total. The summed E-state index contributed by atoms with van der Waals surface area (Å²) < 4.78 is 21.3. The first kappa shape index (κ1) is 21.8. The number of aromatic nitrogens is 2. The van der Waals surface area contributed by atoms with Crippen molar-refractivity contribution in [2.75, 3.05) is 32.2 Å². The molecule has 1 fully saturated rings. The molecule has 0 radical (unpaired) electrons. The van der Waals surface area contributed by atoms with Gasteiger partial charge in [0.05, 0.1) is 6.61 Å². The van der Waals surface area contributed by atoms with Crippen molar-refractivity contribution in [3.63, 3.8) is 0 Å². The van der Waals surface area contributed by atoms with E-state index >= 15 is 0 Å². The van der Waals surface area contributed by atoms with Crippen molar-refractivity contribution in [3.8, 4) is 0 Å². The molecule has 11 heteroatoms. The summed E-state index contributed by atoms with van der Waals surface area (Å²) in [7, 11) is 0. The van der Waals surface area contributed by atoms with Gasteiger partial charge >= 0.3 is 11.8 Å². The molecule has 0 spiro atoms. The molecular formula is C17H25N3O8. The number of carbonyl (C=O) groups is 1. The number of ether oxygens (including phenoxy) is 4. The Hall–Kier alpha value is -2.47. The van der Waals surface area contributed by atoms with Crippen molar-refractivity contribution in [1.82, 2.24) is 9.55 Å². The van der Waals surface area contributed by atoms with Crippen molar-refractivity contribution >= 4 is 18.0 Å². The minimum atomic E-state index is -1.45. The maximum Gasteiger partial charge on any atom is 0.508 e. The first-order valence-electron chi connectivity index (χ1n) is 8.79. The fourth-order valence-corrected chi connectivity index (χ4v) is 2.59. The highest BCUT2D eigenvalue weighted by molar-refractivity contribution is 5.59. The molecule has 0 saturated carbocycles. The number of nitrogens with two attached hydrogens (primary N) is 1. The Balaban J connectivity index is 1.93. The SMILES string of the molecule is C=Cc1cn([C@@H]2O[C@H](COC(=O)OCCCOCC)[C@@H](O)[C@H]2O)c(=O)nc1N. The lowest BCUT2D eigenvalue weighted by atomic mass is 10.1. The molecule has 1 aliphatic rings. The van der Waals surface area contributed by atoms with Crippen LogP contribution in [-0.2, 0) is 18.9 Å². The van der Waals surface area contributed by atoms with Crippen LogP contribution in [0.1, 0.15) is 25.1 Å². The Morgan fingerprint density at radius 3 is 2.82 bits per heavy atom. The van der Waals surface area contributed by atoms with E-state index in [1.54, 1.807) is 0 Å². The van der Waals surface area contributed by atoms with E-state index in [-0.39, 0.29) is 19.0 Å². The predicted octanol–water partition coefficient (Wildman–Crippen LogP) is -0.332. The molecule has 1 aromatic heterocycles. The van der Waals surface area contributed by atoms with Crippen LogP contribution in [0.5, 0.6) is 0 Å². The van der Waals surface area contributed by atoms with Crippen LogP contribution in [0.3, 0.4) is 0 Å². The van der Waals surface area contributed by atoms with E-state index in [1.807, 2.05) is 6.92 Å². The first-order chi connectivity index (χ1) is 13.4. The third kappa shape index (κ3) is 5.29. The van der Waals surface area contributed by atoms with Gasteiger partial charge in [0.2, 0.25) is 0 Å². The number of nitrogens with zero attached hydrogens (tertiary/aromatic N) is 2. The fourth-order valence-electron chi connectivity index (χ4n) is 2.59. The van der Waals surface area contributed by atoms with Gasteiger partial charge in [0.15, 0.2) is 6.23 Å². The van der Waals surface area contributed by atoms with Crippen molar-refractivity contribution in [3.05, 3.63) is 28.8 Å². The van der Waals surface area contributed by atoms with Gasteiger partial charge < -0.3 is 34.9 Å².